The number of hydrogen-bond donors (Lipinski definition) is 2. The number of aliphatic hydroxyl groups is 2. The van der Waals surface area contributed by atoms with Crippen molar-refractivity contribution in [2.24, 2.45) is 17.8 Å². The highest BCUT2D eigenvalue weighted by atomic mass is 16.5. The molecule has 0 unspecified atom stereocenters. The average Bonchev–Trinajstić information content (AvgIpc) is 2.25. The first-order chi connectivity index (χ1) is 7.54. The van der Waals surface area contributed by atoms with Crippen LogP contribution in [0.15, 0.2) is 0 Å². The van der Waals surface area contributed by atoms with Gasteiger partial charge in [0, 0.05) is 0 Å². The fourth-order valence-corrected chi connectivity index (χ4v) is 2.59. The van der Waals surface area contributed by atoms with Gasteiger partial charge in [-0.2, -0.15) is 0 Å². The van der Waals surface area contributed by atoms with Crippen molar-refractivity contribution in [2.45, 2.75) is 52.2 Å². The Morgan fingerprint density at radius 3 is 2.56 bits per heavy atom. The molecule has 0 saturated heterocycles. The molecule has 2 N–H and O–H groups in total. The molecule has 0 spiro atoms. The molecule has 0 aromatic rings. The summed E-state index contributed by atoms with van der Waals surface area (Å²) in [4.78, 5) is 0. The van der Waals surface area contributed by atoms with Crippen LogP contribution >= 0.6 is 0 Å². The Labute approximate surface area is 98.8 Å². The second-order valence-corrected chi connectivity index (χ2v) is 5.53. The van der Waals surface area contributed by atoms with Gasteiger partial charge in [-0.1, -0.05) is 27.2 Å². The van der Waals surface area contributed by atoms with Gasteiger partial charge in [0.15, 0.2) is 0 Å². The van der Waals surface area contributed by atoms with E-state index in [0.717, 1.165) is 6.42 Å². The van der Waals surface area contributed by atoms with Crippen molar-refractivity contribution in [2.75, 3.05) is 13.2 Å². The van der Waals surface area contributed by atoms with Crippen molar-refractivity contribution >= 4 is 0 Å². The van der Waals surface area contributed by atoms with Crippen LogP contribution in [0.3, 0.4) is 0 Å². The van der Waals surface area contributed by atoms with Crippen LogP contribution in [0.2, 0.25) is 0 Å². The second kappa shape index (κ2) is 6.58. The molecule has 1 fully saturated rings. The smallest absolute Gasteiger partial charge is 0.100 e. The molecular weight excluding hydrogens is 204 g/mol. The molecule has 96 valence electrons. The molecule has 0 amide bonds. The fourth-order valence-electron chi connectivity index (χ4n) is 2.59. The summed E-state index contributed by atoms with van der Waals surface area (Å²) in [6, 6.07) is 0. The van der Waals surface area contributed by atoms with Gasteiger partial charge in [-0.3, -0.25) is 0 Å². The normalized spacial score (nSPS) is 33.0. The third-order valence-electron chi connectivity index (χ3n) is 3.67. The van der Waals surface area contributed by atoms with Crippen molar-refractivity contribution < 1.29 is 14.9 Å². The third-order valence-corrected chi connectivity index (χ3v) is 3.67. The van der Waals surface area contributed by atoms with Crippen LogP contribution in [0.5, 0.6) is 0 Å². The minimum atomic E-state index is -0.731. The zero-order valence-corrected chi connectivity index (χ0v) is 10.7. The lowest BCUT2D eigenvalue weighted by atomic mass is 9.75. The molecule has 1 rings (SSSR count). The summed E-state index contributed by atoms with van der Waals surface area (Å²) in [6.45, 7) is 6.78. The summed E-state index contributed by atoms with van der Waals surface area (Å²) in [5, 5.41) is 18.1. The van der Waals surface area contributed by atoms with Crippen LogP contribution in [0.4, 0.5) is 0 Å². The molecule has 0 aliphatic heterocycles. The van der Waals surface area contributed by atoms with Crippen LogP contribution < -0.4 is 0 Å². The number of hydrogen-bond acceptors (Lipinski definition) is 3. The van der Waals surface area contributed by atoms with Gasteiger partial charge in [0.25, 0.3) is 0 Å². The predicted octanol–water partition coefficient (Wildman–Crippen LogP) is 1.82. The van der Waals surface area contributed by atoms with Crippen LogP contribution in [-0.2, 0) is 4.74 Å². The van der Waals surface area contributed by atoms with E-state index >= 15 is 0 Å². The highest BCUT2D eigenvalue weighted by molar-refractivity contribution is 4.81. The van der Waals surface area contributed by atoms with Gasteiger partial charge in [0.2, 0.25) is 0 Å². The van der Waals surface area contributed by atoms with E-state index in [1.165, 1.54) is 12.8 Å². The van der Waals surface area contributed by atoms with Gasteiger partial charge < -0.3 is 14.9 Å². The van der Waals surface area contributed by atoms with Crippen molar-refractivity contribution in [3.8, 4) is 0 Å². The SMILES string of the molecule is CC(C)[C@H]1CC[C@@H](C)C[C@H]1OC[C@@H](O)CO. The molecule has 1 aliphatic rings. The molecule has 0 heterocycles. The van der Waals surface area contributed by atoms with Gasteiger partial charge in [-0.15, -0.1) is 0 Å². The zero-order chi connectivity index (χ0) is 12.1. The summed E-state index contributed by atoms with van der Waals surface area (Å²) >= 11 is 0. The molecule has 0 bridgehead atoms. The Morgan fingerprint density at radius 1 is 1.31 bits per heavy atom. The highest BCUT2D eigenvalue weighted by Crippen LogP contribution is 2.35. The standard InChI is InChI=1S/C13H26O3/c1-9(2)12-5-4-10(3)6-13(12)16-8-11(15)7-14/h9-15H,4-8H2,1-3H3/t10-,11+,12-,13-/m1/s1. The molecule has 0 radical (unpaired) electrons. The summed E-state index contributed by atoms with van der Waals surface area (Å²) in [5.74, 6) is 1.94. The highest BCUT2D eigenvalue weighted by Gasteiger charge is 2.31. The minimum absolute atomic E-state index is 0.214. The maximum Gasteiger partial charge on any atom is 0.100 e. The van der Waals surface area contributed by atoms with E-state index in [1.807, 2.05) is 0 Å². The first-order valence-corrected chi connectivity index (χ1v) is 6.45. The monoisotopic (exact) mass is 230 g/mol. The van der Waals surface area contributed by atoms with Gasteiger partial charge in [-0.25, -0.2) is 0 Å². The predicted molar refractivity (Wildman–Crippen MR) is 64.2 cm³/mol. The molecule has 1 aliphatic carbocycles. The average molecular weight is 230 g/mol. The first kappa shape index (κ1) is 13.9. The lowest BCUT2D eigenvalue weighted by Crippen LogP contribution is -2.36. The number of rotatable bonds is 5. The van der Waals surface area contributed by atoms with E-state index < -0.39 is 6.10 Å². The van der Waals surface area contributed by atoms with Crippen molar-refractivity contribution in [3.63, 3.8) is 0 Å². The Hall–Kier alpha value is -0.120. The van der Waals surface area contributed by atoms with Crippen molar-refractivity contribution in [3.05, 3.63) is 0 Å². The van der Waals surface area contributed by atoms with E-state index in [2.05, 4.69) is 20.8 Å². The van der Waals surface area contributed by atoms with Crippen molar-refractivity contribution in [1.29, 1.82) is 0 Å². The van der Waals surface area contributed by atoms with Crippen LogP contribution in [0.1, 0.15) is 40.0 Å². The maximum absolute atomic E-state index is 9.30. The number of aliphatic hydroxyl groups excluding tert-OH is 2. The third kappa shape index (κ3) is 4.04. The molecular formula is C13H26O3. The molecule has 4 atom stereocenters. The van der Waals surface area contributed by atoms with Crippen LogP contribution in [0, 0.1) is 17.8 Å². The lowest BCUT2D eigenvalue weighted by Gasteiger charge is -2.37. The Morgan fingerprint density at radius 2 is 2.00 bits per heavy atom. The summed E-state index contributed by atoms with van der Waals surface area (Å²) in [6.07, 6.45) is 3.11. The minimum Gasteiger partial charge on any atom is -0.394 e. The van der Waals surface area contributed by atoms with E-state index in [4.69, 9.17) is 9.84 Å². The lowest BCUT2D eigenvalue weighted by molar-refractivity contribution is -0.0776. The molecule has 3 nitrogen and oxygen atoms in total. The summed E-state index contributed by atoms with van der Waals surface area (Å²) in [7, 11) is 0. The van der Waals surface area contributed by atoms with Crippen molar-refractivity contribution in [1.82, 2.24) is 0 Å². The zero-order valence-electron chi connectivity index (χ0n) is 10.7. The van der Waals surface area contributed by atoms with Gasteiger partial charge in [0.05, 0.1) is 19.3 Å². The topological polar surface area (TPSA) is 49.7 Å². The van der Waals surface area contributed by atoms with Gasteiger partial charge >= 0.3 is 0 Å². The Balaban J connectivity index is 2.44. The second-order valence-electron chi connectivity index (χ2n) is 5.53. The molecule has 0 aromatic carbocycles. The Bertz CT molecular complexity index is 194. The van der Waals surface area contributed by atoms with E-state index in [1.54, 1.807) is 0 Å². The Kier molecular flexibility index (Phi) is 5.73. The van der Waals surface area contributed by atoms with Crippen LogP contribution in [0.25, 0.3) is 0 Å². The van der Waals surface area contributed by atoms with Gasteiger partial charge in [-0.05, 0) is 30.6 Å². The molecule has 1 saturated carbocycles. The summed E-state index contributed by atoms with van der Waals surface area (Å²) < 4.78 is 5.77. The molecule has 0 aromatic heterocycles. The first-order valence-electron chi connectivity index (χ1n) is 6.45. The van der Waals surface area contributed by atoms with E-state index in [0.29, 0.717) is 17.8 Å². The maximum atomic E-state index is 9.30. The largest absolute Gasteiger partial charge is 0.394 e. The van der Waals surface area contributed by atoms with Gasteiger partial charge in [0.1, 0.15) is 6.10 Å². The van der Waals surface area contributed by atoms with Crippen LogP contribution in [-0.4, -0.2) is 35.6 Å². The summed E-state index contributed by atoms with van der Waals surface area (Å²) in [5.41, 5.74) is 0. The van der Waals surface area contributed by atoms with E-state index in [9.17, 15) is 5.11 Å². The molecule has 3 heteroatoms. The quantitative estimate of drug-likeness (QED) is 0.757. The fraction of sp³-hybridized carbons (Fsp3) is 1.00. The van der Waals surface area contributed by atoms with E-state index in [-0.39, 0.29) is 19.3 Å². The molecule has 16 heavy (non-hydrogen) atoms. The number of ether oxygens (including phenoxy) is 1.